The van der Waals surface area contributed by atoms with Crippen LogP contribution in [-0.2, 0) is 0 Å². The Bertz CT molecular complexity index is 58.7. The van der Waals surface area contributed by atoms with Gasteiger partial charge in [0.15, 0.2) is 0 Å². The van der Waals surface area contributed by atoms with Crippen molar-refractivity contribution in [2.75, 3.05) is 13.1 Å². The molecule has 0 aromatic heterocycles. The summed E-state index contributed by atoms with van der Waals surface area (Å²) in [7, 11) is 0. The second kappa shape index (κ2) is 1.78. The minimum Gasteiger partial charge on any atom is -0.390 e. The minimum absolute atomic E-state index is 0.0972. The van der Waals surface area contributed by atoms with Crippen LogP contribution in [0.4, 0.5) is 0 Å². The Morgan fingerprint density at radius 2 is 2.29 bits per heavy atom. The molecule has 2 atom stereocenters. The van der Waals surface area contributed by atoms with Crippen LogP contribution in [0, 0.1) is 0 Å². The molecule has 1 fully saturated rings. The van der Waals surface area contributed by atoms with E-state index in [1.807, 2.05) is 0 Å². The van der Waals surface area contributed by atoms with Crippen molar-refractivity contribution in [3.05, 3.63) is 0 Å². The fourth-order valence-corrected chi connectivity index (χ4v) is 0.613. The van der Waals surface area contributed by atoms with E-state index in [-0.39, 0.29) is 12.1 Å². The first-order chi connectivity index (χ1) is 3.30. The quantitative estimate of drug-likeness (QED) is 0.382. The largest absolute Gasteiger partial charge is 0.390 e. The second-order valence-electron chi connectivity index (χ2n) is 1.82. The van der Waals surface area contributed by atoms with Crippen LogP contribution in [0.1, 0.15) is 0 Å². The number of hydrogen-bond donors (Lipinski definition) is 2. The maximum absolute atomic E-state index is 8.78. The molecule has 1 radical (unpaired) electrons. The third kappa shape index (κ3) is 0.907. The minimum atomic E-state index is -0.375. The van der Waals surface area contributed by atoms with Crippen LogP contribution >= 0.6 is 0 Å². The molecule has 0 unspecified atom stereocenters. The zero-order valence-corrected chi connectivity index (χ0v) is 4.04. The van der Waals surface area contributed by atoms with E-state index < -0.39 is 0 Å². The zero-order valence-electron chi connectivity index (χ0n) is 4.04. The topological polar surface area (TPSA) is 60.4 Å². The fraction of sp³-hybridized carbons (Fsp3) is 1.00. The number of aliphatic hydroxyl groups excluding tert-OH is 1. The Labute approximate surface area is 42.5 Å². The van der Waals surface area contributed by atoms with Gasteiger partial charge in [-0.15, -0.1) is 0 Å². The first-order valence-corrected chi connectivity index (χ1v) is 2.37. The molecule has 7 heavy (non-hydrogen) atoms. The first-order valence-electron chi connectivity index (χ1n) is 2.37. The molecular formula is C4H9N2O. The lowest BCUT2D eigenvalue weighted by Crippen LogP contribution is -2.32. The molecule has 1 rings (SSSR count). The van der Waals surface area contributed by atoms with Gasteiger partial charge in [0.2, 0.25) is 0 Å². The van der Waals surface area contributed by atoms with Crippen molar-refractivity contribution >= 4 is 0 Å². The van der Waals surface area contributed by atoms with Crippen LogP contribution in [0.15, 0.2) is 0 Å². The summed E-state index contributed by atoms with van der Waals surface area (Å²) < 4.78 is 0. The lowest BCUT2D eigenvalue weighted by atomic mass is 10.2. The average Bonchev–Trinajstić information content (AvgIpc) is 1.91. The van der Waals surface area contributed by atoms with E-state index in [1.54, 1.807) is 0 Å². The molecule has 0 aliphatic carbocycles. The van der Waals surface area contributed by atoms with E-state index in [2.05, 4.69) is 5.32 Å². The van der Waals surface area contributed by atoms with Gasteiger partial charge in [0.25, 0.3) is 0 Å². The third-order valence-electron chi connectivity index (χ3n) is 1.15. The molecule has 0 spiro atoms. The monoisotopic (exact) mass is 101 g/mol. The van der Waals surface area contributed by atoms with Gasteiger partial charge in [-0.1, -0.05) is 0 Å². The maximum atomic E-state index is 8.78. The fourth-order valence-electron chi connectivity index (χ4n) is 0.613. The molecule has 1 saturated heterocycles. The van der Waals surface area contributed by atoms with Crippen molar-refractivity contribution in [3.8, 4) is 0 Å². The Kier molecular flexibility index (Phi) is 1.27. The van der Waals surface area contributed by atoms with E-state index in [4.69, 9.17) is 10.8 Å². The normalized spacial score (nSPS) is 42.0. The van der Waals surface area contributed by atoms with Gasteiger partial charge in [0.05, 0.1) is 6.10 Å². The van der Waals surface area contributed by atoms with Gasteiger partial charge in [-0.05, 0) is 0 Å². The van der Waals surface area contributed by atoms with Crippen LogP contribution in [-0.4, -0.2) is 30.3 Å². The Morgan fingerprint density at radius 3 is 2.43 bits per heavy atom. The number of rotatable bonds is 0. The summed E-state index contributed by atoms with van der Waals surface area (Å²) >= 11 is 0. The average molecular weight is 101 g/mol. The van der Waals surface area contributed by atoms with E-state index >= 15 is 0 Å². The summed E-state index contributed by atoms with van der Waals surface area (Å²) in [5.41, 5.74) is 5.33. The van der Waals surface area contributed by atoms with Gasteiger partial charge < -0.3 is 10.8 Å². The lowest BCUT2D eigenvalue weighted by molar-refractivity contribution is 0.179. The molecular weight excluding hydrogens is 92.1 g/mol. The van der Waals surface area contributed by atoms with Crippen molar-refractivity contribution in [2.24, 2.45) is 5.73 Å². The van der Waals surface area contributed by atoms with Crippen molar-refractivity contribution < 1.29 is 5.11 Å². The molecule has 0 aromatic carbocycles. The number of aliphatic hydroxyl groups is 1. The van der Waals surface area contributed by atoms with Crippen molar-refractivity contribution in [3.63, 3.8) is 0 Å². The lowest BCUT2D eigenvalue weighted by Gasteiger charge is -2.02. The molecule has 1 heterocycles. The highest BCUT2D eigenvalue weighted by molar-refractivity contribution is 4.82. The summed E-state index contributed by atoms with van der Waals surface area (Å²) in [6.07, 6.45) is -0.375. The summed E-state index contributed by atoms with van der Waals surface area (Å²) in [5, 5.41) is 12.6. The molecule has 0 bridgehead atoms. The predicted octanol–water partition coefficient (Wildman–Crippen LogP) is -1.71. The number of nitrogens with zero attached hydrogens (tertiary/aromatic N) is 1. The molecule has 41 valence electrons. The summed E-state index contributed by atoms with van der Waals surface area (Å²) in [6, 6.07) is -0.0972. The third-order valence-corrected chi connectivity index (χ3v) is 1.15. The second-order valence-corrected chi connectivity index (χ2v) is 1.82. The van der Waals surface area contributed by atoms with Crippen molar-refractivity contribution in [1.29, 1.82) is 0 Å². The highest BCUT2D eigenvalue weighted by atomic mass is 16.3. The van der Waals surface area contributed by atoms with E-state index in [0.717, 1.165) is 0 Å². The van der Waals surface area contributed by atoms with Crippen molar-refractivity contribution in [1.82, 2.24) is 5.32 Å². The van der Waals surface area contributed by atoms with E-state index in [9.17, 15) is 0 Å². The standard InChI is InChI=1S/C4H9N2O/c5-3-1-6-2-4(3)7/h3-4,7H,1-2,5H2/t3-,4-/m1/s1. The zero-order chi connectivity index (χ0) is 5.28. The van der Waals surface area contributed by atoms with Crippen molar-refractivity contribution in [2.45, 2.75) is 12.1 Å². The maximum Gasteiger partial charge on any atom is 0.0844 e. The predicted molar refractivity (Wildman–Crippen MR) is 25.9 cm³/mol. The molecule has 0 aromatic rings. The van der Waals surface area contributed by atoms with Crippen LogP contribution < -0.4 is 11.1 Å². The van der Waals surface area contributed by atoms with Gasteiger partial charge in [-0.25, -0.2) is 5.32 Å². The Hall–Kier alpha value is -0.120. The van der Waals surface area contributed by atoms with Crippen LogP contribution in [0.5, 0.6) is 0 Å². The molecule has 0 saturated carbocycles. The molecule has 0 amide bonds. The van der Waals surface area contributed by atoms with Crippen LogP contribution in [0.3, 0.4) is 0 Å². The Balaban J connectivity index is 2.33. The molecule has 1 aliphatic heterocycles. The van der Waals surface area contributed by atoms with E-state index in [1.165, 1.54) is 0 Å². The smallest absolute Gasteiger partial charge is 0.0844 e. The Morgan fingerprint density at radius 1 is 1.57 bits per heavy atom. The van der Waals surface area contributed by atoms with Crippen LogP contribution in [0.25, 0.3) is 0 Å². The highest BCUT2D eigenvalue weighted by Gasteiger charge is 2.20. The first kappa shape index (κ1) is 5.03. The summed E-state index contributed by atoms with van der Waals surface area (Å²) in [5.74, 6) is 0. The number of nitrogens with two attached hydrogens (primary N) is 1. The number of hydrogen-bond acceptors (Lipinski definition) is 2. The highest BCUT2D eigenvalue weighted by Crippen LogP contribution is 1.95. The van der Waals surface area contributed by atoms with Gasteiger partial charge in [0, 0.05) is 19.1 Å². The summed E-state index contributed by atoms with van der Waals surface area (Å²) in [4.78, 5) is 0. The SMILES string of the molecule is N[C@@H]1C[N]C[C@H]1O. The van der Waals surface area contributed by atoms with Gasteiger partial charge in [0.1, 0.15) is 0 Å². The molecule has 3 N–H and O–H groups in total. The van der Waals surface area contributed by atoms with Gasteiger partial charge in [-0.2, -0.15) is 0 Å². The molecule has 1 aliphatic rings. The summed E-state index contributed by atoms with van der Waals surface area (Å²) in [6.45, 7) is 1.16. The molecule has 3 heteroatoms. The van der Waals surface area contributed by atoms with Gasteiger partial charge in [-0.3, -0.25) is 0 Å². The van der Waals surface area contributed by atoms with Crippen LogP contribution in [0.2, 0.25) is 0 Å². The molecule has 3 nitrogen and oxygen atoms in total. The van der Waals surface area contributed by atoms with E-state index in [0.29, 0.717) is 13.1 Å². The van der Waals surface area contributed by atoms with Gasteiger partial charge >= 0.3 is 0 Å².